The molecule has 1 nitrogen and oxygen atoms in total. The van der Waals surface area contributed by atoms with Gasteiger partial charge in [0.1, 0.15) is 5.82 Å². The fourth-order valence-electron chi connectivity index (χ4n) is 1.87. The molecular weight excluding hydrogens is 285 g/mol. The molecule has 2 heteroatoms. The molecule has 0 saturated heterocycles. The van der Waals surface area contributed by atoms with Gasteiger partial charge in [0.2, 0.25) is 0 Å². The highest BCUT2D eigenvalue weighted by atomic mass is 19.1. The third-order valence-electron chi connectivity index (χ3n) is 3.42. The second-order valence-electron chi connectivity index (χ2n) is 5.05. The molecule has 0 radical (unpaired) electrons. The minimum absolute atomic E-state index is 0.223. The molecule has 0 aliphatic heterocycles. The molecule has 0 aliphatic rings. The molecule has 0 aromatic heterocycles. The van der Waals surface area contributed by atoms with Crippen LogP contribution in [0.4, 0.5) is 10.1 Å². The quantitative estimate of drug-likeness (QED) is 0.485. The highest BCUT2D eigenvalue weighted by molar-refractivity contribution is 5.50. The van der Waals surface area contributed by atoms with Gasteiger partial charge in [0, 0.05) is 30.4 Å². The van der Waals surface area contributed by atoms with Gasteiger partial charge in [-0.05, 0) is 37.6 Å². The summed E-state index contributed by atoms with van der Waals surface area (Å²) in [5, 5.41) is 0. The lowest BCUT2D eigenvalue weighted by Crippen LogP contribution is -2.13. The van der Waals surface area contributed by atoms with E-state index >= 15 is 0 Å². The Morgan fingerprint density at radius 1 is 1.26 bits per heavy atom. The normalized spacial score (nSPS) is 12.0. The highest BCUT2D eigenvalue weighted by Crippen LogP contribution is 2.17. The van der Waals surface area contributed by atoms with Gasteiger partial charge in [0.25, 0.3) is 0 Å². The van der Waals surface area contributed by atoms with Crippen molar-refractivity contribution in [3.8, 4) is 11.8 Å². The molecule has 0 amide bonds. The SMILES string of the molecule is C=C/C=C\C=C(\C#CC/C=C(/C)N(C)c1ccc(F)cc1)CC. The zero-order chi connectivity index (χ0) is 17.1. The Kier molecular flexibility index (Phi) is 8.24. The zero-order valence-corrected chi connectivity index (χ0v) is 14.1. The summed E-state index contributed by atoms with van der Waals surface area (Å²) >= 11 is 0. The van der Waals surface area contributed by atoms with E-state index in [9.17, 15) is 4.39 Å². The molecule has 23 heavy (non-hydrogen) atoms. The number of benzene rings is 1. The van der Waals surface area contributed by atoms with Crippen LogP contribution < -0.4 is 4.90 Å². The number of hydrogen-bond donors (Lipinski definition) is 0. The van der Waals surface area contributed by atoms with E-state index in [-0.39, 0.29) is 5.82 Å². The molecule has 0 aliphatic carbocycles. The van der Waals surface area contributed by atoms with Crippen LogP contribution >= 0.6 is 0 Å². The molecule has 0 saturated carbocycles. The molecule has 1 aromatic carbocycles. The van der Waals surface area contributed by atoms with Crippen LogP contribution in [0.5, 0.6) is 0 Å². The van der Waals surface area contributed by atoms with Crippen molar-refractivity contribution in [3.63, 3.8) is 0 Å². The van der Waals surface area contributed by atoms with Gasteiger partial charge in [-0.25, -0.2) is 4.39 Å². The van der Waals surface area contributed by atoms with E-state index in [4.69, 9.17) is 0 Å². The van der Waals surface area contributed by atoms with Gasteiger partial charge in [-0.15, -0.1) is 0 Å². The van der Waals surface area contributed by atoms with Crippen molar-refractivity contribution in [2.24, 2.45) is 0 Å². The van der Waals surface area contributed by atoms with Gasteiger partial charge in [0.05, 0.1) is 0 Å². The van der Waals surface area contributed by atoms with E-state index in [2.05, 4.69) is 31.4 Å². The summed E-state index contributed by atoms with van der Waals surface area (Å²) < 4.78 is 13.0. The van der Waals surface area contributed by atoms with E-state index in [0.29, 0.717) is 6.42 Å². The summed E-state index contributed by atoms with van der Waals surface area (Å²) in [4.78, 5) is 2.02. The molecule has 120 valence electrons. The van der Waals surface area contributed by atoms with E-state index in [1.54, 1.807) is 18.2 Å². The van der Waals surface area contributed by atoms with Gasteiger partial charge >= 0.3 is 0 Å². The van der Waals surface area contributed by atoms with Crippen molar-refractivity contribution in [2.75, 3.05) is 11.9 Å². The average molecular weight is 309 g/mol. The van der Waals surface area contributed by atoms with Crippen molar-refractivity contribution >= 4 is 5.69 Å². The Morgan fingerprint density at radius 2 is 1.96 bits per heavy atom. The van der Waals surface area contributed by atoms with Crippen molar-refractivity contribution in [1.29, 1.82) is 0 Å². The molecule has 1 aromatic rings. The second kappa shape index (κ2) is 10.2. The number of rotatable bonds is 6. The lowest BCUT2D eigenvalue weighted by atomic mass is 10.2. The maximum Gasteiger partial charge on any atom is 0.123 e. The first-order valence-corrected chi connectivity index (χ1v) is 7.71. The van der Waals surface area contributed by atoms with Crippen LogP contribution in [0.1, 0.15) is 26.7 Å². The topological polar surface area (TPSA) is 3.24 Å². The summed E-state index contributed by atoms with van der Waals surface area (Å²) in [7, 11) is 1.96. The summed E-state index contributed by atoms with van der Waals surface area (Å²) in [5.41, 5.74) is 3.14. The second-order valence-corrected chi connectivity index (χ2v) is 5.05. The van der Waals surface area contributed by atoms with Crippen LogP contribution in [0.25, 0.3) is 0 Å². The first-order valence-electron chi connectivity index (χ1n) is 7.71. The Labute approximate surface area is 139 Å². The summed E-state index contributed by atoms with van der Waals surface area (Å²) in [5.74, 6) is 6.13. The van der Waals surface area contributed by atoms with Crippen LogP contribution in [0, 0.1) is 17.7 Å². The van der Waals surface area contributed by atoms with Crippen molar-refractivity contribution < 1.29 is 4.39 Å². The molecule has 0 spiro atoms. The van der Waals surface area contributed by atoms with Crippen LogP contribution in [0.3, 0.4) is 0 Å². The fraction of sp³-hybridized carbons (Fsp3) is 0.238. The minimum atomic E-state index is -0.223. The Bertz CT molecular complexity index is 651. The molecule has 1 rings (SSSR count). The van der Waals surface area contributed by atoms with Crippen molar-refractivity contribution in [3.05, 3.63) is 78.3 Å². The molecule has 0 unspecified atom stereocenters. The predicted molar refractivity (Wildman–Crippen MR) is 98.7 cm³/mol. The Balaban J connectivity index is 2.68. The first kappa shape index (κ1) is 18.5. The van der Waals surface area contributed by atoms with E-state index < -0.39 is 0 Å². The summed E-state index contributed by atoms with van der Waals surface area (Å²) in [6, 6.07) is 6.46. The van der Waals surface area contributed by atoms with E-state index in [1.807, 2.05) is 37.1 Å². The number of allylic oxidation sites excluding steroid dienone is 7. The van der Waals surface area contributed by atoms with Crippen LogP contribution in [-0.2, 0) is 0 Å². The van der Waals surface area contributed by atoms with Crippen molar-refractivity contribution in [1.82, 2.24) is 0 Å². The molecule has 0 atom stereocenters. The summed E-state index contributed by atoms with van der Waals surface area (Å²) in [6.07, 6.45) is 11.3. The maximum atomic E-state index is 13.0. The number of halogens is 1. The smallest absolute Gasteiger partial charge is 0.123 e. The molecule has 0 heterocycles. The Hall–Kier alpha value is -2.53. The lowest BCUT2D eigenvalue weighted by molar-refractivity contribution is 0.628. The van der Waals surface area contributed by atoms with E-state index in [0.717, 1.165) is 23.4 Å². The Morgan fingerprint density at radius 3 is 2.57 bits per heavy atom. The zero-order valence-electron chi connectivity index (χ0n) is 14.1. The van der Waals surface area contributed by atoms with Gasteiger partial charge in [-0.2, -0.15) is 0 Å². The van der Waals surface area contributed by atoms with Crippen LogP contribution in [0.2, 0.25) is 0 Å². The van der Waals surface area contributed by atoms with E-state index in [1.165, 1.54) is 12.1 Å². The molecular formula is C21H24FN. The average Bonchev–Trinajstić information content (AvgIpc) is 2.57. The molecule has 0 bridgehead atoms. The monoisotopic (exact) mass is 309 g/mol. The highest BCUT2D eigenvalue weighted by Gasteiger charge is 2.01. The van der Waals surface area contributed by atoms with Crippen LogP contribution in [-0.4, -0.2) is 7.05 Å². The molecule has 0 fully saturated rings. The number of hydrogen-bond acceptors (Lipinski definition) is 1. The first-order chi connectivity index (χ1) is 11.1. The number of anilines is 1. The lowest BCUT2D eigenvalue weighted by Gasteiger charge is -2.19. The third kappa shape index (κ3) is 6.84. The van der Waals surface area contributed by atoms with Crippen molar-refractivity contribution in [2.45, 2.75) is 26.7 Å². The fourth-order valence-corrected chi connectivity index (χ4v) is 1.87. The third-order valence-corrected chi connectivity index (χ3v) is 3.42. The maximum absolute atomic E-state index is 13.0. The van der Waals surface area contributed by atoms with Gasteiger partial charge in [0.15, 0.2) is 0 Å². The van der Waals surface area contributed by atoms with Gasteiger partial charge < -0.3 is 4.90 Å². The van der Waals surface area contributed by atoms with Gasteiger partial charge in [-0.1, -0.05) is 55.7 Å². The minimum Gasteiger partial charge on any atom is -0.349 e. The largest absolute Gasteiger partial charge is 0.349 e. The number of nitrogens with zero attached hydrogens (tertiary/aromatic N) is 1. The summed E-state index contributed by atoms with van der Waals surface area (Å²) in [6.45, 7) is 7.75. The standard InChI is InChI=1S/C21H24FN/c1-5-7-8-12-19(6-2)13-10-9-11-18(3)23(4)21-16-14-20(22)15-17-21/h5,7-8,11-12,14-17H,1,6,9H2,2-4H3/b8-7-,18-11-,19-12+. The molecule has 0 N–H and O–H groups in total. The predicted octanol–water partition coefficient (Wildman–Crippen LogP) is 5.64. The van der Waals surface area contributed by atoms with Gasteiger partial charge in [-0.3, -0.25) is 0 Å². The van der Waals surface area contributed by atoms with Crippen LogP contribution in [0.15, 0.2) is 72.5 Å².